The number of nitrogens with one attached hydrogen (secondary N) is 2. The van der Waals surface area contributed by atoms with E-state index in [0.717, 1.165) is 48.5 Å². The van der Waals surface area contributed by atoms with Gasteiger partial charge < -0.3 is 20.1 Å². The molecule has 0 aliphatic heterocycles. The van der Waals surface area contributed by atoms with Crippen molar-refractivity contribution in [1.29, 1.82) is 0 Å². The number of aromatic nitrogens is 3. The Labute approximate surface area is 210 Å². The molecule has 1 heterocycles. The first-order chi connectivity index (χ1) is 15.4. The van der Waals surface area contributed by atoms with Crippen LogP contribution in [0.1, 0.15) is 23.6 Å². The summed E-state index contributed by atoms with van der Waals surface area (Å²) in [7, 11) is 3.93. The summed E-state index contributed by atoms with van der Waals surface area (Å²) in [5, 5.41) is 14.7. The molecular weight excluding hydrogens is 539 g/mol. The monoisotopic (exact) mass is 569 g/mol. The van der Waals surface area contributed by atoms with Gasteiger partial charge in [-0.3, -0.25) is 0 Å². The molecule has 0 radical (unpaired) electrons. The van der Waals surface area contributed by atoms with Crippen LogP contribution >= 0.6 is 24.0 Å². The largest absolute Gasteiger partial charge is 0.375 e. The van der Waals surface area contributed by atoms with E-state index in [-0.39, 0.29) is 36.1 Å². The number of hydrogen-bond acceptors (Lipinski definition) is 4. The molecule has 0 aliphatic rings. The van der Waals surface area contributed by atoms with Crippen LogP contribution in [0.3, 0.4) is 0 Å². The van der Waals surface area contributed by atoms with Gasteiger partial charge in [-0.15, -0.1) is 34.2 Å². The first-order valence-corrected chi connectivity index (χ1v) is 10.5. The van der Waals surface area contributed by atoms with E-state index in [1.54, 1.807) is 0 Å². The van der Waals surface area contributed by atoms with Gasteiger partial charge in [0.05, 0.1) is 13.1 Å². The summed E-state index contributed by atoms with van der Waals surface area (Å²) in [6, 6.07) is 13.5. The van der Waals surface area contributed by atoms with Crippen molar-refractivity contribution < 1.29 is 8.78 Å². The van der Waals surface area contributed by atoms with Gasteiger partial charge in [0, 0.05) is 38.4 Å². The molecule has 0 spiro atoms. The Morgan fingerprint density at radius 1 is 1.09 bits per heavy atom. The first kappa shape index (κ1) is 26.5. The highest BCUT2D eigenvalue weighted by molar-refractivity contribution is 14.0. The minimum Gasteiger partial charge on any atom is -0.375 e. The van der Waals surface area contributed by atoms with Gasteiger partial charge >= 0.3 is 0 Å². The van der Waals surface area contributed by atoms with Gasteiger partial charge in [-0.2, -0.15) is 0 Å². The third-order valence-electron chi connectivity index (χ3n) is 5.17. The molecule has 0 saturated heterocycles. The Bertz CT molecular complexity index is 1040. The standard InChI is InChI=1S/C23H29F2N7.HI/c1-17-29-30-22(32(17)3)16-28-23(27-15-18-14-19(24)10-11-21(18)25)26-12-7-13-31(2)20-8-5-4-6-9-20;/h4-6,8-11,14H,7,12-13,15-16H2,1-3H3,(H2,26,27,28);1H. The van der Waals surface area contributed by atoms with Gasteiger partial charge in [-0.05, 0) is 43.7 Å². The van der Waals surface area contributed by atoms with Crippen molar-refractivity contribution in [3.63, 3.8) is 0 Å². The van der Waals surface area contributed by atoms with E-state index in [0.29, 0.717) is 19.0 Å². The zero-order chi connectivity index (χ0) is 22.9. The molecule has 3 rings (SSSR count). The molecule has 0 bridgehead atoms. The van der Waals surface area contributed by atoms with Crippen molar-refractivity contribution >= 4 is 35.6 Å². The molecule has 1 aromatic heterocycles. The maximum Gasteiger partial charge on any atom is 0.191 e. The smallest absolute Gasteiger partial charge is 0.191 e. The molecular formula is C23H30F2IN7. The normalized spacial score (nSPS) is 11.1. The number of rotatable bonds is 9. The predicted molar refractivity (Wildman–Crippen MR) is 138 cm³/mol. The highest BCUT2D eigenvalue weighted by Gasteiger charge is 2.08. The van der Waals surface area contributed by atoms with Gasteiger partial charge in [0.25, 0.3) is 0 Å². The van der Waals surface area contributed by atoms with E-state index in [1.165, 1.54) is 0 Å². The van der Waals surface area contributed by atoms with Crippen LogP contribution in [0.15, 0.2) is 53.5 Å². The molecule has 0 amide bonds. The third-order valence-corrected chi connectivity index (χ3v) is 5.17. The van der Waals surface area contributed by atoms with Crippen LogP contribution in [0.4, 0.5) is 14.5 Å². The van der Waals surface area contributed by atoms with Crippen LogP contribution in [0, 0.1) is 18.6 Å². The number of guanidine groups is 1. The van der Waals surface area contributed by atoms with Gasteiger partial charge in [0.2, 0.25) is 0 Å². The van der Waals surface area contributed by atoms with Crippen molar-refractivity contribution in [3.8, 4) is 0 Å². The maximum absolute atomic E-state index is 14.0. The second kappa shape index (κ2) is 13.1. The fraction of sp³-hybridized carbons (Fsp3) is 0.348. The zero-order valence-electron chi connectivity index (χ0n) is 19.1. The Morgan fingerprint density at radius 2 is 1.85 bits per heavy atom. The number of halogens is 3. The predicted octanol–water partition coefficient (Wildman–Crippen LogP) is 3.78. The van der Waals surface area contributed by atoms with Gasteiger partial charge in [0.15, 0.2) is 11.8 Å². The van der Waals surface area contributed by atoms with Crippen LogP contribution in [0.2, 0.25) is 0 Å². The number of anilines is 1. The van der Waals surface area contributed by atoms with Crippen LogP contribution in [0.25, 0.3) is 0 Å². The number of benzene rings is 2. The summed E-state index contributed by atoms with van der Waals surface area (Å²) < 4.78 is 29.3. The first-order valence-electron chi connectivity index (χ1n) is 10.5. The summed E-state index contributed by atoms with van der Waals surface area (Å²) in [6.45, 7) is 3.80. The summed E-state index contributed by atoms with van der Waals surface area (Å²) in [4.78, 5) is 6.62. The van der Waals surface area contributed by atoms with E-state index in [9.17, 15) is 8.78 Å². The quantitative estimate of drug-likeness (QED) is 0.178. The van der Waals surface area contributed by atoms with Crippen molar-refractivity contribution in [1.82, 2.24) is 25.4 Å². The second-order valence-electron chi connectivity index (χ2n) is 7.51. The lowest BCUT2D eigenvalue weighted by atomic mass is 10.2. The van der Waals surface area contributed by atoms with E-state index < -0.39 is 11.6 Å². The molecule has 2 N–H and O–H groups in total. The van der Waals surface area contributed by atoms with E-state index in [1.807, 2.05) is 43.8 Å². The molecule has 10 heteroatoms. The van der Waals surface area contributed by atoms with Crippen molar-refractivity contribution in [2.24, 2.45) is 12.0 Å². The molecule has 7 nitrogen and oxygen atoms in total. The Morgan fingerprint density at radius 3 is 2.55 bits per heavy atom. The van der Waals surface area contributed by atoms with Crippen LogP contribution < -0.4 is 15.5 Å². The molecule has 33 heavy (non-hydrogen) atoms. The van der Waals surface area contributed by atoms with Gasteiger partial charge in [-0.25, -0.2) is 13.8 Å². The molecule has 0 saturated carbocycles. The number of aliphatic imine (C=N–C) groups is 1. The Balaban J connectivity index is 0.00000385. The lowest BCUT2D eigenvalue weighted by molar-refractivity contribution is 0.585. The SMILES string of the molecule is Cc1nnc(CNC(=NCc2cc(F)ccc2F)NCCCN(C)c2ccccc2)n1C.I. The van der Waals surface area contributed by atoms with Crippen LogP contribution in [-0.2, 0) is 20.1 Å². The summed E-state index contributed by atoms with van der Waals surface area (Å²) in [6.07, 6.45) is 0.865. The number of para-hydroxylation sites is 1. The maximum atomic E-state index is 14.0. The fourth-order valence-electron chi connectivity index (χ4n) is 3.11. The van der Waals surface area contributed by atoms with Crippen LogP contribution in [-0.4, -0.2) is 40.9 Å². The van der Waals surface area contributed by atoms with Gasteiger partial charge in [-0.1, -0.05) is 18.2 Å². The lowest BCUT2D eigenvalue weighted by Crippen LogP contribution is -2.39. The third kappa shape index (κ3) is 7.95. The molecule has 178 valence electrons. The van der Waals surface area contributed by atoms with Crippen LogP contribution in [0.5, 0.6) is 0 Å². The van der Waals surface area contributed by atoms with Crippen molar-refractivity contribution in [2.75, 3.05) is 25.0 Å². The molecule has 0 fully saturated rings. The van der Waals surface area contributed by atoms with E-state index >= 15 is 0 Å². The molecule has 0 atom stereocenters. The minimum atomic E-state index is -0.488. The summed E-state index contributed by atoms with van der Waals surface area (Å²) in [5.74, 6) is 1.08. The summed E-state index contributed by atoms with van der Waals surface area (Å²) in [5.41, 5.74) is 1.35. The van der Waals surface area contributed by atoms with Crippen molar-refractivity contribution in [3.05, 3.63) is 77.4 Å². The number of aryl methyl sites for hydroxylation is 1. The number of hydrogen-bond donors (Lipinski definition) is 2. The Hall–Kier alpha value is -2.76. The molecule has 2 aromatic carbocycles. The topological polar surface area (TPSA) is 70.4 Å². The minimum absolute atomic E-state index is 0. The number of nitrogens with zero attached hydrogens (tertiary/aromatic N) is 5. The Kier molecular flexibility index (Phi) is 10.5. The zero-order valence-corrected chi connectivity index (χ0v) is 21.4. The average Bonchev–Trinajstić information content (AvgIpc) is 3.12. The highest BCUT2D eigenvalue weighted by Crippen LogP contribution is 2.12. The average molecular weight is 569 g/mol. The fourth-order valence-corrected chi connectivity index (χ4v) is 3.11. The summed E-state index contributed by atoms with van der Waals surface area (Å²) >= 11 is 0. The molecule has 0 unspecified atom stereocenters. The van der Waals surface area contributed by atoms with Crippen molar-refractivity contribution in [2.45, 2.75) is 26.4 Å². The van der Waals surface area contributed by atoms with Gasteiger partial charge in [0.1, 0.15) is 17.5 Å². The van der Waals surface area contributed by atoms with E-state index in [4.69, 9.17) is 0 Å². The second-order valence-corrected chi connectivity index (χ2v) is 7.51. The van der Waals surface area contributed by atoms with E-state index in [2.05, 4.69) is 42.9 Å². The highest BCUT2D eigenvalue weighted by atomic mass is 127. The molecule has 3 aromatic rings. The molecule has 0 aliphatic carbocycles. The lowest BCUT2D eigenvalue weighted by Gasteiger charge is -2.19.